The van der Waals surface area contributed by atoms with Gasteiger partial charge < -0.3 is 20.7 Å². The number of rotatable bonds is 12. The molecule has 0 unspecified atom stereocenters. The lowest BCUT2D eigenvalue weighted by Crippen LogP contribution is -2.47. The van der Waals surface area contributed by atoms with Gasteiger partial charge in [0.05, 0.1) is 25.3 Å². The molecule has 1 amide bonds. The van der Waals surface area contributed by atoms with Crippen LogP contribution >= 0.6 is 0 Å². The highest BCUT2D eigenvalue weighted by Gasteiger charge is 2.43. The number of carbonyl (C=O) groups is 1. The lowest BCUT2D eigenvalue weighted by atomic mass is 9.95. The molecular formula is C28H38N6O7S. The highest BCUT2D eigenvalue weighted by Crippen LogP contribution is 2.29. The topological polar surface area (TPSA) is 192 Å². The molecule has 0 saturated carbocycles. The minimum absolute atomic E-state index is 0.211. The maximum Gasteiger partial charge on any atom is 0.362 e. The molecule has 1 aromatic heterocycles. The van der Waals surface area contributed by atoms with Gasteiger partial charge in [0, 0.05) is 5.56 Å². The Morgan fingerprint density at radius 1 is 1.12 bits per heavy atom. The van der Waals surface area contributed by atoms with Gasteiger partial charge in [-0.1, -0.05) is 56.7 Å². The van der Waals surface area contributed by atoms with Crippen molar-refractivity contribution in [2.24, 2.45) is 11.7 Å². The number of nitrogens with one attached hydrogen (secondary N) is 1. The van der Waals surface area contributed by atoms with Crippen LogP contribution in [0.5, 0.6) is 0 Å². The van der Waals surface area contributed by atoms with Crippen LogP contribution < -0.4 is 10.5 Å². The number of aryl methyl sites for hydroxylation is 3. The Morgan fingerprint density at radius 2 is 1.81 bits per heavy atom. The Bertz CT molecular complexity index is 1500. The molecule has 3 aromatic rings. The molecule has 0 aliphatic carbocycles. The molecule has 4 rings (SSSR count). The Morgan fingerprint density at radius 3 is 2.50 bits per heavy atom. The van der Waals surface area contributed by atoms with E-state index in [1.807, 2.05) is 44.2 Å². The first-order valence-corrected chi connectivity index (χ1v) is 15.2. The van der Waals surface area contributed by atoms with Crippen LogP contribution in [0.3, 0.4) is 0 Å². The minimum Gasteiger partial charge on any atom is -0.388 e. The van der Waals surface area contributed by atoms with E-state index in [2.05, 4.69) is 34.5 Å². The van der Waals surface area contributed by atoms with Crippen LogP contribution in [0, 0.1) is 19.8 Å². The van der Waals surface area contributed by atoms with Crippen LogP contribution in [0.15, 0.2) is 42.5 Å². The Labute approximate surface area is 245 Å². The summed E-state index contributed by atoms with van der Waals surface area (Å²) < 4.78 is 36.7. The molecule has 0 radical (unpaired) electrons. The number of benzene rings is 2. The largest absolute Gasteiger partial charge is 0.388 e. The third-order valence-corrected chi connectivity index (χ3v) is 8.52. The molecule has 1 fully saturated rings. The van der Waals surface area contributed by atoms with Gasteiger partial charge in [-0.2, -0.15) is 13.2 Å². The average molecular weight is 603 g/mol. The predicted octanol–water partition coefficient (Wildman–Crippen LogP) is 1.25. The standard InChI is InChI=1S/C28H38N6O7S/c1-5-16(2)24(29)28(37)32-42(38,39)40-15-23-26(36)25(35)22(41-23)12-13-34-31-27(30-33-34)19-10-11-21(18(4)14-19)20-9-7-6-8-17(20)3/h6-11,14,16,22-26,35-36H,5,12-13,15,29H2,1-4H3,(H,32,37)/t16-,22-,23+,24-,25-,26+/m0/s1. The van der Waals surface area contributed by atoms with Gasteiger partial charge in [0.2, 0.25) is 5.82 Å². The summed E-state index contributed by atoms with van der Waals surface area (Å²) in [5.74, 6) is -0.693. The molecule has 0 bridgehead atoms. The van der Waals surface area contributed by atoms with Crippen LogP contribution in [-0.2, 0) is 30.6 Å². The zero-order chi connectivity index (χ0) is 30.6. The number of aromatic nitrogens is 4. The lowest BCUT2D eigenvalue weighted by Gasteiger charge is -2.18. The third-order valence-electron chi connectivity index (χ3n) is 7.62. The molecule has 14 heteroatoms. The highest BCUT2D eigenvalue weighted by molar-refractivity contribution is 7.85. The molecule has 6 atom stereocenters. The molecule has 1 saturated heterocycles. The van der Waals surface area contributed by atoms with Crippen molar-refractivity contribution in [1.82, 2.24) is 24.9 Å². The summed E-state index contributed by atoms with van der Waals surface area (Å²) in [4.78, 5) is 13.5. The van der Waals surface area contributed by atoms with Crippen LogP contribution in [0.4, 0.5) is 0 Å². The number of hydrogen-bond donors (Lipinski definition) is 4. The molecule has 2 heterocycles. The van der Waals surface area contributed by atoms with Crippen molar-refractivity contribution in [2.75, 3.05) is 6.61 Å². The number of carbonyl (C=O) groups excluding carboxylic acids is 1. The van der Waals surface area contributed by atoms with Crippen LogP contribution in [0.1, 0.15) is 37.8 Å². The van der Waals surface area contributed by atoms with E-state index in [1.165, 1.54) is 10.4 Å². The van der Waals surface area contributed by atoms with E-state index in [0.717, 1.165) is 22.3 Å². The number of aliphatic hydroxyl groups excluding tert-OH is 2. The summed E-state index contributed by atoms with van der Waals surface area (Å²) in [6, 6.07) is 13.1. The van der Waals surface area contributed by atoms with Crippen molar-refractivity contribution >= 4 is 16.2 Å². The molecule has 2 aromatic carbocycles. The molecule has 0 spiro atoms. The van der Waals surface area contributed by atoms with Crippen molar-refractivity contribution in [3.63, 3.8) is 0 Å². The first-order chi connectivity index (χ1) is 19.9. The molecule has 42 heavy (non-hydrogen) atoms. The van der Waals surface area contributed by atoms with Gasteiger partial charge in [-0.05, 0) is 59.7 Å². The third kappa shape index (κ3) is 7.38. The van der Waals surface area contributed by atoms with E-state index in [-0.39, 0.29) is 18.9 Å². The highest BCUT2D eigenvalue weighted by atomic mass is 32.2. The Kier molecular flexibility index (Phi) is 10.1. The van der Waals surface area contributed by atoms with Gasteiger partial charge in [-0.25, -0.2) is 4.72 Å². The quantitative estimate of drug-likeness (QED) is 0.233. The molecule has 1 aliphatic rings. The van der Waals surface area contributed by atoms with Crippen molar-refractivity contribution in [3.8, 4) is 22.5 Å². The number of aliphatic hydroxyl groups is 2. The summed E-state index contributed by atoms with van der Waals surface area (Å²) in [7, 11) is -4.50. The van der Waals surface area contributed by atoms with Crippen LogP contribution in [0.2, 0.25) is 0 Å². The van der Waals surface area contributed by atoms with Crippen molar-refractivity contribution in [2.45, 2.75) is 77.5 Å². The van der Waals surface area contributed by atoms with E-state index < -0.39 is 53.3 Å². The fraction of sp³-hybridized carbons (Fsp3) is 0.500. The SMILES string of the molecule is CC[C@H](C)[C@H](N)C(=O)NS(=O)(=O)OC[C@H]1O[C@@H](CCn2nnc(-c3ccc(-c4ccccc4C)c(C)c3)n2)[C@H](O)[C@@H]1O. The van der Waals surface area contributed by atoms with Gasteiger partial charge in [-0.15, -0.1) is 10.2 Å². The average Bonchev–Trinajstić information content (AvgIpc) is 3.54. The van der Waals surface area contributed by atoms with E-state index in [0.29, 0.717) is 12.2 Å². The Hall–Kier alpha value is -3.27. The number of nitrogens with two attached hydrogens (primary N) is 1. The van der Waals surface area contributed by atoms with E-state index >= 15 is 0 Å². The minimum atomic E-state index is -4.50. The van der Waals surface area contributed by atoms with Crippen molar-refractivity contribution in [1.29, 1.82) is 0 Å². The van der Waals surface area contributed by atoms with E-state index in [4.69, 9.17) is 14.7 Å². The number of nitrogens with zero attached hydrogens (tertiary/aromatic N) is 4. The second-order valence-corrected chi connectivity index (χ2v) is 12.0. The summed E-state index contributed by atoms with van der Waals surface area (Å²) in [5.41, 5.74) is 11.1. The van der Waals surface area contributed by atoms with Crippen molar-refractivity contribution in [3.05, 3.63) is 53.6 Å². The van der Waals surface area contributed by atoms with Gasteiger partial charge in [-0.3, -0.25) is 8.98 Å². The maximum atomic E-state index is 12.2. The van der Waals surface area contributed by atoms with Crippen LogP contribution in [-0.4, -0.2) is 81.8 Å². The molecule has 13 nitrogen and oxygen atoms in total. The number of ether oxygens (including phenoxy) is 1. The van der Waals surface area contributed by atoms with Crippen LogP contribution in [0.25, 0.3) is 22.5 Å². The first-order valence-electron chi connectivity index (χ1n) is 13.8. The van der Waals surface area contributed by atoms with Gasteiger partial charge in [0.1, 0.15) is 18.3 Å². The molecule has 228 valence electrons. The fourth-order valence-corrected chi connectivity index (χ4v) is 5.52. The summed E-state index contributed by atoms with van der Waals surface area (Å²) in [6.07, 6.45) is -3.89. The summed E-state index contributed by atoms with van der Waals surface area (Å²) in [6.45, 7) is 7.26. The Balaban J connectivity index is 1.31. The number of tetrazole rings is 1. The van der Waals surface area contributed by atoms with Gasteiger partial charge >= 0.3 is 10.3 Å². The van der Waals surface area contributed by atoms with E-state index in [1.54, 1.807) is 11.6 Å². The number of hydrogen-bond acceptors (Lipinski definition) is 11. The first kappa shape index (κ1) is 31.7. The smallest absolute Gasteiger partial charge is 0.362 e. The lowest BCUT2D eigenvalue weighted by molar-refractivity contribution is -0.121. The predicted molar refractivity (Wildman–Crippen MR) is 154 cm³/mol. The maximum absolute atomic E-state index is 12.2. The molecule has 5 N–H and O–H groups in total. The zero-order valence-corrected chi connectivity index (χ0v) is 24.9. The molecule has 1 aliphatic heterocycles. The normalized spacial score (nSPS) is 22.2. The van der Waals surface area contributed by atoms with Crippen molar-refractivity contribution < 1.29 is 32.3 Å². The number of amides is 1. The van der Waals surface area contributed by atoms with Gasteiger partial charge in [0.25, 0.3) is 5.91 Å². The zero-order valence-electron chi connectivity index (χ0n) is 24.0. The van der Waals surface area contributed by atoms with E-state index in [9.17, 15) is 23.4 Å². The molecular weight excluding hydrogens is 564 g/mol. The fourth-order valence-electron chi connectivity index (χ4n) is 4.77. The second kappa shape index (κ2) is 13.4. The summed E-state index contributed by atoms with van der Waals surface area (Å²) in [5, 5.41) is 33.5. The monoisotopic (exact) mass is 602 g/mol. The van der Waals surface area contributed by atoms with Gasteiger partial charge in [0.15, 0.2) is 0 Å². The second-order valence-electron chi connectivity index (χ2n) is 10.7. The summed E-state index contributed by atoms with van der Waals surface area (Å²) >= 11 is 0.